The number of phenolic OH excluding ortho intramolecular Hbond substituents is 1. The van der Waals surface area contributed by atoms with E-state index in [4.69, 9.17) is 4.74 Å². The summed E-state index contributed by atoms with van der Waals surface area (Å²) in [7, 11) is 0. The highest BCUT2D eigenvalue weighted by molar-refractivity contribution is 5.58. The molecule has 1 aliphatic heterocycles. The number of aromatic hydroxyl groups is 1. The molecule has 2 aromatic carbocycles. The minimum absolute atomic E-state index is 0.0712. The molecule has 0 aliphatic carbocycles. The molecule has 3 atom stereocenters. The van der Waals surface area contributed by atoms with Crippen LogP contribution in [0.15, 0.2) is 30.3 Å². The summed E-state index contributed by atoms with van der Waals surface area (Å²) in [4.78, 5) is 0. The van der Waals surface area contributed by atoms with Crippen molar-refractivity contribution in [3.63, 3.8) is 0 Å². The molecule has 2 N–H and O–H groups in total. The molecule has 2 unspecified atom stereocenters. The summed E-state index contributed by atoms with van der Waals surface area (Å²) in [6.45, 7) is 22.3. The van der Waals surface area contributed by atoms with Crippen molar-refractivity contribution in [1.82, 2.24) is 0 Å². The Bertz CT molecular complexity index is 1140. The third-order valence-corrected chi connectivity index (χ3v) is 11.1. The zero-order chi connectivity index (χ0) is 35.0. The molecule has 0 saturated heterocycles. The summed E-state index contributed by atoms with van der Waals surface area (Å²) >= 11 is 0. The number of ether oxygens (including phenoxy) is 1. The number of phenols is 1. The fourth-order valence-corrected chi connectivity index (χ4v) is 7.37. The maximum Gasteiger partial charge on any atom is 0.127 e. The first-order valence-electron chi connectivity index (χ1n) is 19.5. The van der Waals surface area contributed by atoms with Gasteiger partial charge in [-0.05, 0) is 106 Å². The van der Waals surface area contributed by atoms with Gasteiger partial charge >= 0.3 is 0 Å². The molecule has 3 rings (SSSR count). The van der Waals surface area contributed by atoms with E-state index in [-0.39, 0.29) is 5.60 Å². The van der Waals surface area contributed by atoms with Crippen molar-refractivity contribution in [2.45, 2.75) is 190 Å². The first-order valence-corrected chi connectivity index (χ1v) is 19.5. The topological polar surface area (TPSA) is 49.7 Å². The van der Waals surface area contributed by atoms with Crippen LogP contribution in [0.2, 0.25) is 0 Å². The lowest BCUT2D eigenvalue weighted by molar-refractivity contribution is 0.0141. The van der Waals surface area contributed by atoms with Gasteiger partial charge in [-0.15, -0.1) is 0 Å². The highest BCUT2D eigenvalue weighted by Crippen LogP contribution is 2.44. The second-order valence-electron chi connectivity index (χ2n) is 16.0. The van der Waals surface area contributed by atoms with E-state index in [9.17, 15) is 10.2 Å². The molecule has 0 saturated carbocycles. The maximum atomic E-state index is 10.7. The van der Waals surface area contributed by atoms with Gasteiger partial charge in [-0.1, -0.05) is 143 Å². The molecule has 0 radical (unpaired) electrons. The number of benzene rings is 2. The summed E-state index contributed by atoms with van der Waals surface area (Å²) in [5.74, 6) is 4.04. The van der Waals surface area contributed by atoms with E-state index >= 15 is 0 Å². The summed E-state index contributed by atoms with van der Waals surface area (Å²) in [6, 6.07) is 10.1. The van der Waals surface area contributed by atoms with Crippen LogP contribution in [0.5, 0.6) is 11.5 Å². The quantitative estimate of drug-likeness (QED) is 0.159. The third kappa shape index (κ3) is 13.4. The molecule has 268 valence electrons. The standard InChI is InChI=1S/C29H50O2.C15H24O/c1-20(2)12-9-13-21(3)14-10-15-22(4)16-11-18-29(8)19-17-26-25(7)27(30)23(5)24(6)28(26)31-29;1-3-5-12-15(16,13-6-4-2)14-10-8-7-9-11-14/h20-22,30H,9-19H2,1-8H3;7-11,16H,3-6,12-13H2,1-2H3/t21?,22?,29-;/m1./s1. The molecule has 0 fully saturated rings. The second kappa shape index (κ2) is 20.5. The van der Waals surface area contributed by atoms with Crippen LogP contribution in [0.25, 0.3) is 0 Å². The zero-order valence-electron chi connectivity index (χ0n) is 32.4. The number of hydrogen-bond donors (Lipinski definition) is 2. The molecule has 47 heavy (non-hydrogen) atoms. The maximum absolute atomic E-state index is 10.7. The number of aliphatic hydroxyl groups is 1. The largest absolute Gasteiger partial charge is 0.507 e. The number of fused-ring (bicyclic) bond motifs is 1. The van der Waals surface area contributed by atoms with Crippen LogP contribution in [-0.2, 0) is 12.0 Å². The second-order valence-corrected chi connectivity index (χ2v) is 16.0. The van der Waals surface area contributed by atoms with Gasteiger partial charge in [0.2, 0.25) is 0 Å². The van der Waals surface area contributed by atoms with Crippen LogP contribution in [0.3, 0.4) is 0 Å². The minimum atomic E-state index is -0.604. The van der Waals surface area contributed by atoms with E-state index in [2.05, 4.69) is 55.4 Å². The minimum Gasteiger partial charge on any atom is -0.507 e. The van der Waals surface area contributed by atoms with Crippen molar-refractivity contribution in [1.29, 1.82) is 0 Å². The van der Waals surface area contributed by atoms with Crippen LogP contribution in [-0.4, -0.2) is 15.8 Å². The van der Waals surface area contributed by atoms with Crippen molar-refractivity contribution in [3.05, 3.63) is 58.1 Å². The van der Waals surface area contributed by atoms with Gasteiger partial charge in [-0.3, -0.25) is 0 Å². The fraction of sp³-hybridized carbons (Fsp3) is 0.727. The molecule has 1 heterocycles. The Morgan fingerprint density at radius 3 is 1.81 bits per heavy atom. The molecule has 0 bridgehead atoms. The summed E-state index contributed by atoms with van der Waals surface area (Å²) in [6.07, 6.45) is 20.3. The Balaban J connectivity index is 0.000000403. The Hall–Kier alpha value is -2.00. The van der Waals surface area contributed by atoms with E-state index in [1.165, 1.54) is 56.9 Å². The predicted octanol–water partition coefficient (Wildman–Crippen LogP) is 13.1. The van der Waals surface area contributed by atoms with Crippen LogP contribution >= 0.6 is 0 Å². The lowest BCUT2D eigenvalue weighted by Crippen LogP contribution is -2.37. The van der Waals surface area contributed by atoms with Crippen LogP contribution < -0.4 is 4.74 Å². The van der Waals surface area contributed by atoms with E-state index in [0.29, 0.717) is 5.75 Å². The molecular formula is C44H74O3. The average Bonchev–Trinajstić information content (AvgIpc) is 3.05. The van der Waals surface area contributed by atoms with Gasteiger partial charge in [-0.25, -0.2) is 0 Å². The molecule has 1 aliphatic rings. The summed E-state index contributed by atoms with van der Waals surface area (Å²) < 4.78 is 6.60. The van der Waals surface area contributed by atoms with Gasteiger partial charge < -0.3 is 14.9 Å². The van der Waals surface area contributed by atoms with Crippen molar-refractivity contribution in [2.24, 2.45) is 17.8 Å². The fourth-order valence-electron chi connectivity index (χ4n) is 7.37. The van der Waals surface area contributed by atoms with Crippen molar-refractivity contribution in [3.8, 4) is 11.5 Å². The normalized spacial score (nSPS) is 17.4. The first kappa shape index (κ1) is 41.2. The smallest absolute Gasteiger partial charge is 0.127 e. The van der Waals surface area contributed by atoms with E-state index in [1.54, 1.807) is 0 Å². The van der Waals surface area contributed by atoms with Crippen LogP contribution in [0, 0.1) is 38.5 Å². The van der Waals surface area contributed by atoms with Crippen LogP contribution in [0.1, 0.15) is 179 Å². The molecule has 2 aromatic rings. The van der Waals surface area contributed by atoms with Gasteiger partial charge in [0.1, 0.15) is 17.1 Å². The third-order valence-electron chi connectivity index (χ3n) is 11.1. The monoisotopic (exact) mass is 651 g/mol. The SMILES string of the molecule is CCCCC(O)(CCCC)c1ccccc1.Cc1c(C)c2c(c(C)c1O)CC[C@@](C)(CCCC(C)CCCC(C)CCCC(C)C)O2. The van der Waals surface area contributed by atoms with Crippen molar-refractivity contribution < 1.29 is 14.9 Å². The molecule has 3 nitrogen and oxygen atoms in total. The average molecular weight is 651 g/mol. The van der Waals surface area contributed by atoms with E-state index in [0.717, 1.165) is 104 Å². The highest BCUT2D eigenvalue weighted by atomic mass is 16.5. The van der Waals surface area contributed by atoms with Crippen LogP contribution in [0.4, 0.5) is 0 Å². The van der Waals surface area contributed by atoms with E-state index in [1.807, 2.05) is 44.2 Å². The Morgan fingerprint density at radius 2 is 1.28 bits per heavy atom. The highest BCUT2D eigenvalue weighted by Gasteiger charge is 2.34. The lowest BCUT2D eigenvalue weighted by atomic mass is 9.84. The summed E-state index contributed by atoms with van der Waals surface area (Å²) in [5, 5.41) is 21.1. The van der Waals surface area contributed by atoms with Gasteiger partial charge in [0, 0.05) is 5.56 Å². The Labute approximate surface area is 291 Å². The molecule has 0 aromatic heterocycles. The van der Waals surface area contributed by atoms with Gasteiger partial charge in [0.05, 0.1) is 5.60 Å². The van der Waals surface area contributed by atoms with Gasteiger partial charge in [0.25, 0.3) is 0 Å². The Kier molecular flexibility index (Phi) is 18.0. The predicted molar refractivity (Wildman–Crippen MR) is 204 cm³/mol. The number of rotatable bonds is 19. The molecule has 3 heteroatoms. The first-order chi connectivity index (χ1) is 22.3. The molecular weight excluding hydrogens is 576 g/mol. The molecule has 0 spiro atoms. The number of hydrogen-bond acceptors (Lipinski definition) is 3. The Morgan fingerprint density at radius 1 is 0.745 bits per heavy atom. The van der Waals surface area contributed by atoms with Gasteiger partial charge in [-0.2, -0.15) is 0 Å². The van der Waals surface area contributed by atoms with Crippen molar-refractivity contribution >= 4 is 0 Å². The van der Waals surface area contributed by atoms with Crippen molar-refractivity contribution in [2.75, 3.05) is 0 Å². The lowest BCUT2D eigenvalue weighted by Gasteiger charge is -2.38. The molecule has 0 amide bonds. The van der Waals surface area contributed by atoms with E-state index < -0.39 is 5.60 Å². The summed E-state index contributed by atoms with van der Waals surface area (Å²) in [5.41, 5.74) is 4.71. The van der Waals surface area contributed by atoms with Gasteiger partial charge in [0.15, 0.2) is 0 Å². The zero-order valence-corrected chi connectivity index (χ0v) is 32.4. The number of unbranched alkanes of at least 4 members (excludes halogenated alkanes) is 2.